The Bertz CT molecular complexity index is 7740. The minimum absolute atomic E-state index is 0.103. The van der Waals surface area contributed by atoms with Gasteiger partial charge in [0.1, 0.15) is 0 Å². The molecule has 653 valence electrons. The van der Waals surface area contributed by atoms with Crippen molar-refractivity contribution in [1.29, 1.82) is 0 Å². The Hall–Kier alpha value is -11.5. The summed E-state index contributed by atoms with van der Waals surface area (Å²) in [6.45, 7) is 0. The second-order valence-electron chi connectivity index (χ2n) is 29.1. The number of nitrogens with two attached hydrogens (primary N) is 4. The SMILES string of the molecule is CS(=O)(=O)c1cc(-c2ccccc2)ccc1-c1ccc(-c2ccc(-c3ccc(-c4ccc(-c5ccc(-c6ccc(-c7ccc(-c8ccc(-c9ccc(-c%10ccc(-c%11cc[c]c(S(N)(=O)=O)c%11)c(C(F)(F)F)c%10)c(S(C)(=O)=O)c9)c(S(N)(=O)=O)c8)c(C(F)(F)F)c7)c(S(C)(=O)=O)c6)c(S(N)(=O)=O)c5)c(C(F)(F)F)c4)c(S(C)(=O)=O)c3)c(S(N)(=O)=O)c2)c(C(F)(F)F)c1. The van der Waals surface area contributed by atoms with Crippen LogP contribution in [-0.4, -0.2) is 92.4 Å². The second kappa shape index (κ2) is 32.4. The van der Waals surface area contributed by atoms with Gasteiger partial charge in [-0.1, -0.05) is 176 Å². The number of sulfone groups is 4. The molecule has 0 unspecified atom stereocenters. The molecule has 0 aliphatic heterocycles. The summed E-state index contributed by atoms with van der Waals surface area (Å²) >= 11 is 0. The third-order valence-corrected chi connectivity index (χ3v) is 28.5. The van der Waals surface area contributed by atoms with Crippen molar-refractivity contribution in [3.63, 3.8) is 0 Å². The molecule has 0 aromatic heterocycles. The highest BCUT2D eigenvalue weighted by Crippen LogP contribution is 2.50. The van der Waals surface area contributed by atoms with Crippen LogP contribution in [0.3, 0.4) is 0 Å². The van der Waals surface area contributed by atoms with Crippen LogP contribution in [0.5, 0.6) is 0 Å². The van der Waals surface area contributed by atoms with Crippen LogP contribution in [0.1, 0.15) is 22.3 Å². The van der Waals surface area contributed by atoms with E-state index < -0.39 is 239 Å². The lowest BCUT2D eigenvalue weighted by Gasteiger charge is -2.19. The molecule has 1 radical (unpaired) electrons. The molecular formula is C86H61F12N4O16S8. The number of sulfonamides is 4. The summed E-state index contributed by atoms with van der Waals surface area (Å²) in [6, 6.07) is 44.8. The van der Waals surface area contributed by atoms with E-state index in [1.54, 1.807) is 30.3 Å². The fourth-order valence-corrected chi connectivity index (χ4v) is 21.2. The zero-order valence-corrected chi connectivity index (χ0v) is 71.3. The van der Waals surface area contributed by atoms with Gasteiger partial charge in [-0.2, -0.15) is 52.7 Å². The predicted molar refractivity (Wildman–Crippen MR) is 448 cm³/mol. The van der Waals surface area contributed by atoms with Gasteiger partial charge in [0.15, 0.2) is 39.3 Å². The number of alkyl halides is 12. The topological polar surface area (TPSA) is 377 Å². The maximum Gasteiger partial charge on any atom is 0.417 e. The van der Waals surface area contributed by atoms with Gasteiger partial charge in [0.25, 0.3) is 0 Å². The highest BCUT2D eigenvalue weighted by Gasteiger charge is 2.40. The lowest BCUT2D eigenvalue weighted by molar-refractivity contribution is -0.137. The summed E-state index contributed by atoms with van der Waals surface area (Å²) in [6.07, 6.45) is -18.3. The molecule has 0 aliphatic carbocycles. The molecule has 13 aromatic rings. The summed E-state index contributed by atoms with van der Waals surface area (Å²) in [5.74, 6) is 0. The minimum atomic E-state index is -5.38. The fourth-order valence-electron chi connectivity index (χ4n) is 14.6. The number of hydrogen-bond donors (Lipinski definition) is 4. The molecule has 0 saturated carbocycles. The third-order valence-electron chi connectivity index (χ3n) is 20.3. The molecule has 40 heteroatoms. The summed E-state index contributed by atoms with van der Waals surface area (Å²) in [5, 5.41) is 22.3. The molecule has 20 nitrogen and oxygen atoms in total. The van der Waals surface area contributed by atoms with E-state index in [1.807, 2.05) is 0 Å². The number of benzene rings is 13. The first-order valence-corrected chi connectivity index (χ1v) is 49.7. The van der Waals surface area contributed by atoms with Gasteiger partial charge in [-0.15, -0.1) is 0 Å². The molecule has 0 saturated heterocycles. The van der Waals surface area contributed by atoms with Crippen LogP contribution < -0.4 is 20.6 Å². The third kappa shape index (κ3) is 19.2. The van der Waals surface area contributed by atoms with Crippen LogP contribution in [0.4, 0.5) is 52.7 Å². The van der Waals surface area contributed by atoms with Crippen LogP contribution in [0.15, 0.2) is 288 Å². The Kier molecular flexibility index (Phi) is 23.7. The monoisotopic (exact) mass is 1890 g/mol. The van der Waals surface area contributed by atoms with Crippen molar-refractivity contribution in [2.75, 3.05) is 25.0 Å². The number of hydrogen-bond acceptors (Lipinski definition) is 16. The maximum atomic E-state index is 15.6. The van der Waals surface area contributed by atoms with Crippen molar-refractivity contribution < 1.29 is 120 Å². The van der Waals surface area contributed by atoms with Crippen molar-refractivity contribution in [1.82, 2.24) is 0 Å². The Morgan fingerprint density at radius 2 is 0.397 bits per heavy atom. The van der Waals surface area contributed by atoms with Crippen LogP contribution in [-0.2, 0) is 104 Å². The van der Waals surface area contributed by atoms with Crippen LogP contribution in [0, 0.1) is 6.07 Å². The summed E-state index contributed by atoms with van der Waals surface area (Å²) in [4.78, 5) is -5.85. The highest BCUT2D eigenvalue weighted by molar-refractivity contribution is 7.92. The number of primary sulfonamides is 4. The average Bonchev–Trinajstić information content (AvgIpc) is 0.756. The van der Waals surface area contributed by atoms with E-state index in [1.165, 1.54) is 24.3 Å². The quantitative estimate of drug-likeness (QED) is 0.0515. The van der Waals surface area contributed by atoms with Gasteiger partial charge in [-0.3, -0.25) is 0 Å². The van der Waals surface area contributed by atoms with E-state index in [9.17, 15) is 80.5 Å². The predicted octanol–water partition coefficient (Wildman–Crippen LogP) is 17.8. The van der Waals surface area contributed by atoms with Gasteiger partial charge in [0, 0.05) is 70.0 Å². The first-order valence-electron chi connectivity index (χ1n) is 35.9. The fraction of sp³-hybridized carbons (Fsp3) is 0.0930. The molecular weight excluding hydrogens is 1830 g/mol. The van der Waals surface area contributed by atoms with Crippen LogP contribution >= 0.6 is 0 Å². The molecule has 0 atom stereocenters. The van der Waals surface area contributed by atoms with Crippen molar-refractivity contribution >= 4 is 79.4 Å². The molecule has 0 bridgehead atoms. The second-order valence-corrected chi connectivity index (χ2v) is 43.1. The standard InChI is InChI=1S/C86H61F12N4O16S8/c1-119(103,104)76-40-48(47-9-6-5-7-10-47)13-28-65(76)50-15-25-62(73(37-50)84(90,91)92)54-18-32-70(80(44-54)124(100,113)114)58-22-30-67(78(42-58)121(3,107)108)52-17-27-64(75(39-52)86(96,97)98)56-20-34-71(82(46-56)126(102,117)118)59-23-31-68(79(43-59)122(4,109)110)53-16-26-63(74(38-53)85(93,94)95)55-19-33-69(81(45-55)125(101,115)116)57-21-29-66(77(41-57)120(2,105)106)51-14-24-61(72(36-51)83(87,88)89)49-11-8-12-60(35-49)123(99,111)112/h5-11,13-46H,1-4H3,(H2,99,111,112)(H2,100,113,114)(H2,101,115,116)(H2,102,117,118). The van der Waals surface area contributed by atoms with Crippen molar-refractivity contribution in [2.24, 2.45) is 20.6 Å². The molecule has 0 fully saturated rings. The Labute approximate surface area is 714 Å². The number of rotatable bonds is 20. The van der Waals surface area contributed by atoms with Crippen molar-refractivity contribution in [2.45, 2.75) is 63.9 Å². The smallest absolute Gasteiger partial charge is 0.225 e. The number of halogens is 12. The Morgan fingerprint density at radius 1 is 0.206 bits per heavy atom. The molecule has 0 aliphatic rings. The van der Waals surface area contributed by atoms with E-state index >= 15 is 39.5 Å². The molecule has 13 rings (SSSR count). The van der Waals surface area contributed by atoms with Gasteiger partial charge in [-0.25, -0.2) is 87.9 Å². The van der Waals surface area contributed by atoms with E-state index in [-0.39, 0.29) is 49.4 Å². The lowest BCUT2D eigenvalue weighted by atomic mass is 9.91. The first-order chi connectivity index (χ1) is 58.0. The molecule has 8 N–H and O–H groups in total. The molecule has 126 heavy (non-hydrogen) atoms. The van der Waals surface area contributed by atoms with E-state index in [2.05, 4.69) is 6.07 Å². The van der Waals surface area contributed by atoms with E-state index in [0.29, 0.717) is 66.3 Å². The zero-order chi connectivity index (χ0) is 92.5. The average molecular weight is 1890 g/mol. The maximum absolute atomic E-state index is 15.6. The van der Waals surface area contributed by atoms with Crippen LogP contribution in [0.25, 0.3) is 134 Å². The van der Waals surface area contributed by atoms with Gasteiger partial charge in [0.05, 0.1) is 61.4 Å². The Morgan fingerprint density at radius 3 is 0.619 bits per heavy atom. The Balaban J connectivity index is 0.826. The summed E-state index contributed by atoms with van der Waals surface area (Å²) in [7, 11) is -37.4. The van der Waals surface area contributed by atoms with Gasteiger partial charge in [0.2, 0.25) is 40.1 Å². The summed E-state index contributed by atoms with van der Waals surface area (Å²) in [5.41, 5.74) is -14.3. The molecule has 0 spiro atoms. The van der Waals surface area contributed by atoms with E-state index in [0.717, 1.165) is 164 Å². The summed E-state index contributed by atoms with van der Waals surface area (Å²) < 4.78 is 398. The molecule has 0 heterocycles. The minimum Gasteiger partial charge on any atom is -0.225 e. The van der Waals surface area contributed by atoms with Crippen LogP contribution in [0.2, 0.25) is 0 Å². The lowest BCUT2D eigenvalue weighted by Crippen LogP contribution is -2.14. The zero-order valence-electron chi connectivity index (χ0n) is 64.8. The first kappa shape index (κ1) is 92.1. The van der Waals surface area contributed by atoms with Crippen molar-refractivity contribution in [3.05, 3.63) is 277 Å². The molecule has 13 aromatic carbocycles. The molecule has 0 amide bonds. The highest BCUT2D eigenvalue weighted by atomic mass is 32.2. The van der Waals surface area contributed by atoms with Gasteiger partial charge < -0.3 is 0 Å². The van der Waals surface area contributed by atoms with Crippen molar-refractivity contribution in [3.8, 4) is 134 Å². The van der Waals surface area contributed by atoms with Gasteiger partial charge in [-0.05, 0) is 167 Å². The largest absolute Gasteiger partial charge is 0.417 e. The normalized spacial score (nSPS) is 13.1. The van der Waals surface area contributed by atoms with Gasteiger partial charge >= 0.3 is 24.7 Å². The van der Waals surface area contributed by atoms with E-state index in [4.69, 9.17) is 20.6 Å².